The van der Waals surface area contributed by atoms with Gasteiger partial charge in [0.05, 0.1) is 0 Å². The van der Waals surface area contributed by atoms with E-state index >= 15 is 0 Å². The van der Waals surface area contributed by atoms with Crippen LogP contribution in [0.2, 0.25) is 0 Å². The van der Waals surface area contributed by atoms with Gasteiger partial charge in [0, 0.05) is 0 Å². The van der Waals surface area contributed by atoms with E-state index in [0.29, 0.717) is 6.42 Å². The maximum Gasteiger partial charge on any atom is 0.408 e. The Morgan fingerprint density at radius 1 is 1.17 bits per heavy atom. The van der Waals surface area contributed by atoms with E-state index < -0.39 is 30.2 Å². The minimum atomic E-state index is -1.29. The monoisotopic (exact) mass is 337 g/mol. The Morgan fingerprint density at radius 3 is 2.33 bits per heavy atom. The van der Waals surface area contributed by atoms with Crippen LogP contribution in [-0.4, -0.2) is 35.3 Å². The second-order valence-electron chi connectivity index (χ2n) is 5.49. The predicted octanol–water partition coefficient (Wildman–Crippen LogP) is 2.34. The summed E-state index contributed by atoms with van der Waals surface area (Å²) in [5.41, 5.74) is 0.815. The van der Waals surface area contributed by atoms with Crippen molar-refractivity contribution in [3.8, 4) is 0 Å². The average Bonchev–Trinajstić information content (AvgIpc) is 2.57. The molecule has 1 amide bonds. The van der Waals surface area contributed by atoms with Crippen molar-refractivity contribution in [3.63, 3.8) is 0 Å². The number of esters is 1. The molecule has 0 spiro atoms. The Bertz CT molecular complexity index is 559. The number of ether oxygens (including phenoxy) is 2. The molecule has 132 valence electrons. The summed E-state index contributed by atoms with van der Waals surface area (Å²) >= 11 is 0. The van der Waals surface area contributed by atoms with Crippen LogP contribution in [0, 0.1) is 5.92 Å². The van der Waals surface area contributed by atoms with Crippen LogP contribution in [0.3, 0.4) is 0 Å². The van der Waals surface area contributed by atoms with Gasteiger partial charge in [-0.3, -0.25) is 0 Å². The van der Waals surface area contributed by atoms with Crippen LogP contribution in [0.5, 0.6) is 0 Å². The van der Waals surface area contributed by atoms with Crippen LogP contribution in [0.15, 0.2) is 30.3 Å². The minimum Gasteiger partial charge on any atom is -0.479 e. The summed E-state index contributed by atoms with van der Waals surface area (Å²) in [6, 6.07) is 8.14. The molecule has 0 aliphatic carbocycles. The third kappa shape index (κ3) is 6.28. The summed E-state index contributed by atoms with van der Waals surface area (Å²) in [7, 11) is 0. The summed E-state index contributed by atoms with van der Waals surface area (Å²) in [6.45, 7) is 4.93. The molecule has 1 rings (SSSR count). The first kappa shape index (κ1) is 19.5. The van der Waals surface area contributed by atoms with E-state index in [2.05, 4.69) is 5.32 Å². The van der Waals surface area contributed by atoms with Crippen molar-refractivity contribution in [2.75, 3.05) is 0 Å². The lowest BCUT2D eigenvalue weighted by molar-refractivity contribution is -0.164. The molecule has 1 unspecified atom stereocenters. The fourth-order valence-electron chi connectivity index (χ4n) is 1.86. The topological polar surface area (TPSA) is 102 Å². The van der Waals surface area contributed by atoms with E-state index in [0.717, 1.165) is 5.56 Å². The molecule has 0 aliphatic rings. The van der Waals surface area contributed by atoms with Crippen molar-refractivity contribution < 1.29 is 29.0 Å². The number of benzene rings is 1. The van der Waals surface area contributed by atoms with Gasteiger partial charge in [-0.15, -0.1) is 0 Å². The number of carboxylic acids is 1. The molecule has 7 heteroatoms. The van der Waals surface area contributed by atoms with Gasteiger partial charge in [-0.25, -0.2) is 14.4 Å². The number of nitrogens with one attached hydrogen (secondary N) is 1. The highest BCUT2D eigenvalue weighted by Crippen LogP contribution is 2.11. The number of amides is 1. The van der Waals surface area contributed by atoms with Crippen molar-refractivity contribution >= 4 is 18.0 Å². The summed E-state index contributed by atoms with van der Waals surface area (Å²) < 4.78 is 9.93. The van der Waals surface area contributed by atoms with Gasteiger partial charge in [0.2, 0.25) is 0 Å². The molecule has 3 atom stereocenters. The Hall–Kier alpha value is -2.57. The van der Waals surface area contributed by atoms with Crippen LogP contribution in [0.1, 0.15) is 32.8 Å². The predicted molar refractivity (Wildman–Crippen MR) is 86.2 cm³/mol. The zero-order chi connectivity index (χ0) is 18.1. The highest BCUT2D eigenvalue weighted by molar-refractivity contribution is 5.84. The SMILES string of the molecule is CC[C@H](C)[C@H](NC(=O)OCc1ccccc1)C(=O)OC(C)C(=O)O. The Labute approximate surface area is 141 Å². The summed E-state index contributed by atoms with van der Waals surface area (Å²) in [4.78, 5) is 34.8. The second kappa shape index (κ2) is 9.54. The Balaban J connectivity index is 2.63. The normalized spacial score (nSPS) is 14.1. The smallest absolute Gasteiger partial charge is 0.408 e. The largest absolute Gasteiger partial charge is 0.479 e. The quantitative estimate of drug-likeness (QED) is 0.706. The third-order valence-electron chi connectivity index (χ3n) is 3.59. The van der Waals surface area contributed by atoms with Gasteiger partial charge in [0.15, 0.2) is 6.10 Å². The molecule has 0 aliphatic heterocycles. The molecule has 0 bridgehead atoms. The maximum absolute atomic E-state index is 12.1. The molecule has 7 nitrogen and oxygen atoms in total. The number of carbonyl (C=O) groups excluding carboxylic acids is 2. The molecule has 1 aromatic carbocycles. The summed E-state index contributed by atoms with van der Waals surface area (Å²) in [6.07, 6.45) is -1.45. The van der Waals surface area contributed by atoms with E-state index in [-0.39, 0.29) is 12.5 Å². The van der Waals surface area contributed by atoms with E-state index in [9.17, 15) is 14.4 Å². The molecule has 0 heterocycles. The third-order valence-corrected chi connectivity index (χ3v) is 3.59. The van der Waals surface area contributed by atoms with Gasteiger partial charge < -0.3 is 19.9 Å². The maximum atomic E-state index is 12.1. The average molecular weight is 337 g/mol. The van der Waals surface area contributed by atoms with E-state index in [1.54, 1.807) is 6.92 Å². The lowest BCUT2D eigenvalue weighted by Gasteiger charge is -2.23. The number of carbonyl (C=O) groups is 3. The second-order valence-corrected chi connectivity index (χ2v) is 5.49. The van der Waals surface area contributed by atoms with Gasteiger partial charge in [-0.05, 0) is 18.4 Å². The highest BCUT2D eigenvalue weighted by atomic mass is 16.6. The van der Waals surface area contributed by atoms with Crippen LogP contribution < -0.4 is 5.32 Å². The lowest BCUT2D eigenvalue weighted by atomic mass is 9.99. The molecular formula is C17H23NO6. The fourth-order valence-corrected chi connectivity index (χ4v) is 1.86. The van der Waals surface area contributed by atoms with Crippen molar-refractivity contribution in [2.24, 2.45) is 5.92 Å². The standard InChI is InChI=1S/C17H23NO6/c1-4-11(2)14(16(21)24-12(3)15(19)20)18-17(22)23-10-13-8-6-5-7-9-13/h5-9,11-12,14H,4,10H2,1-3H3,(H,18,22)(H,19,20)/t11-,12?,14-/m0/s1. The number of aliphatic carboxylic acids is 1. The minimum absolute atomic E-state index is 0.0699. The van der Waals surface area contributed by atoms with Crippen LogP contribution in [0.25, 0.3) is 0 Å². The number of alkyl carbamates (subject to hydrolysis) is 1. The summed E-state index contributed by atoms with van der Waals surface area (Å²) in [5.74, 6) is -2.28. The lowest BCUT2D eigenvalue weighted by Crippen LogP contribution is -2.47. The van der Waals surface area contributed by atoms with Crippen molar-refractivity contribution in [1.29, 1.82) is 0 Å². The van der Waals surface area contributed by atoms with Gasteiger partial charge in [-0.1, -0.05) is 50.6 Å². The first-order valence-corrected chi connectivity index (χ1v) is 7.75. The van der Waals surface area contributed by atoms with Gasteiger partial charge >= 0.3 is 18.0 Å². The number of hydrogen-bond donors (Lipinski definition) is 2. The van der Waals surface area contributed by atoms with Crippen molar-refractivity contribution in [1.82, 2.24) is 5.32 Å². The summed E-state index contributed by atoms with van der Waals surface area (Å²) in [5, 5.41) is 11.3. The number of carboxylic acid groups (broad SMARTS) is 1. The zero-order valence-corrected chi connectivity index (χ0v) is 14.0. The Morgan fingerprint density at radius 2 is 1.79 bits per heavy atom. The van der Waals surface area contributed by atoms with Gasteiger partial charge in [0.25, 0.3) is 0 Å². The first-order valence-electron chi connectivity index (χ1n) is 7.75. The molecule has 0 aromatic heterocycles. The van der Waals surface area contributed by atoms with E-state index in [4.69, 9.17) is 14.6 Å². The van der Waals surface area contributed by atoms with Crippen LogP contribution in [-0.2, 0) is 25.7 Å². The van der Waals surface area contributed by atoms with Crippen molar-refractivity contribution in [3.05, 3.63) is 35.9 Å². The van der Waals surface area contributed by atoms with Crippen LogP contribution >= 0.6 is 0 Å². The molecule has 1 aromatic rings. The van der Waals surface area contributed by atoms with Crippen LogP contribution in [0.4, 0.5) is 4.79 Å². The Kier molecular flexibility index (Phi) is 7.74. The number of rotatable bonds is 8. The van der Waals surface area contributed by atoms with E-state index in [1.165, 1.54) is 6.92 Å². The molecule has 24 heavy (non-hydrogen) atoms. The molecule has 0 radical (unpaired) electrons. The van der Waals surface area contributed by atoms with E-state index in [1.807, 2.05) is 37.3 Å². The molecule has 0 saturated heterocycles. The molecule has 0 fully saturated rings. The van der Waals surface area contributed by atoms with Gasteiger partial charge in [-0.2, -0.15) is 0 Å². The number of hydrogen-bond acceptors (Lipinski definition) is 5. The zero-order valence-electron chi connectivity index (χ0n) is 14.0. The van der Waals surface area contributed by atoms with Gasteiger partial charge in [0.1, 0.15) is 12.6 Å². The molecule has 0 saturated carbocycles. The van der Waals surface area contributed by atoms with Crippen molar-refractivity contribution in [2.45, 2.75) is 45.9 Å². The highest BCUT2D eigenvalue weighted by Gasteiger charge is 2.30. The molecular weight excluding hydrogens is 314 g/mol. The fraction of sp³-hybridized carbons (Fsp3) is 0.471. The molecule has 2 N–H and O–H groups in total. The first-order chi connectivity index (χ1) is 11.3.